The highest BCUT2D eigenvalue weighted by Crippen LogP contribution is 2.14. The van der Waals surface area contributed by atoms with E-state index in [1.807, 2.05) is 27.7 Å². The number of nitrogens with zero attached hydrogens (tertiary/aromatic N) is 1. The summed E-state index contributed by atoms with van der Waals surface area (Å²) >= 11 is 0. The summed E-state index contributed by atoms with van der Waals surface area (Å²) in [6, 6.07) is 1.81. The number of carbonyl (C=O) groups excluding carboxylic acids is 2. The van der Waals surface area contributed by atoms with Gasteiger partial charge in [0.05, 0.1) is 11.3 Å². The van der Waals surface area contributed by atoms with Crippen LogP contribution in [0.25, 0.3) is 0 Å². The van der Waals surface area contributed by atoms with E-state index in [1.54, 1.807) is 13.1 Å². The fraction of sp³-hybridized carbons (Fsp3) is 0.533. The van der Waals surface area contributed by atoms with E-state index in [0.29, 0.717) is 5.56 Å². The van der Waals surface area contributed by atoms with Crippen molar-refractivity contribution in [2.45, 2.75) is 39.7 Å². The average Bonchev–Trinajstić information content (AvgIpc) is 2.36. The third kappa shape index (κ3) is 5.81. The molecule has 1 heterocycles. The number of amides is 2. The number of nitrogens with one attached hydrogen (secondary N) is 3. The zero-order chi connectivity index (χ0) is 16.0. The molecule has 0 unspecified atom stereocenters. The van der Waals surface area contributed by atoms with E-state index in [-0.39, 0.29) is 30.3 Å². The Morgan fingerprint density at radius 2 is 1.95 bits per heavy atom. The molecule has 0 spiro atoms. The van der Waals surface area contributed by atoms with E-state index in [4.69, 9.17) is 0 Å². The van der Waals surface area contributed by atoms with Crippen LogP contribution in [0.4, 0.5) is 5.69 Å². The Balaban J connectivity index is 2.53. The summed E-state index contributed by atoms with van der Waals surface area (Å²) in [5.41, 5.74) is 1.76. The number of aromatic nitrogens is 1. The fourth-order valence-electron chi connectivity index (χ4n) is 1.81. The maximum atomic E-state index is 12.1. The Hall–Kier alpha value is -2.11. The maximum Gasteiger partial charge on any atom is 0.254 e. The fourth-order valence-corrected chi connectivity index (χ4v) is 1.81. The normalized spacial score (nSPS) is 10.9. The summed E-state index contributed by atoms with van der Waals surface area (Å²) in [6.07, 6.45) is 1.78. The molecule has 6 heteroatoms. The number of pyridine rings is 1. The van der Waals surface area contributed by atoms with Crippen molar-refractivity contribution in [1.29, 1.82) is 0 Å². The first kappa shape index (κ1) is 16.9. The van der Waals surface area contributed by atoms with Crippen molar-refractivity contribution in [2.24, 2.45) is 0 Å². The SMILES string of the molecule is CNc1cc(C)ncc1C(=O)NCCC(=O)NC(C)(C)C. The van der Waals surface area contributed by atoms with Crippen molar-refractivity contribution < 1.29 is 9.59 Å². The standard InChI is InChI=1S/C15H24N4O2/c1-10-8-12(16-5)11(9-18-10)14(21)17-7-6-13(20)19-15(2,3)4/h8-9H,6-7H2,1-5H3,(H,16,18)(H,17,21)(H,19,20). The molecule has 0 radical (unpaired) electrons. The van der Waals surface area contributed by atoms with Gasteiger partial charge in [0.1, 0.15) is 0 Å². The number of hydrogen-bond donors (Lipinski definition) is 3. The molecule has 0 aliphatic heterocycles. The van der Waals surface area contributed by atoms with E-state index < -0.39 is 0 Å². The molecule has 0 bridgehead atoms. The summed E-state index contributed by atoms with van der Waals surface area (Å²) in [4.78, 5) is 27.9. The van der Waals surface area contributed by atoms with Gasteiger partial charge in [0, 0.05) is 37.4 Å². The Kier molecular flexibility index (Phi) is 5.69. The summed E-state index contributed by atoms with van der Waals surface area (Å²) < 4.78 is 0. The molecule has 1 aromatic rings. The van der Waals surface area contributed by atoms with Crippen LogP contribution >= 0.6 is 0 Å². The van der Waals surface area contributed by atoms with Gasteiger partial charge in [0.2, 0.25) is 5.91 Å². The van der Waals surface area contributed by atoms with Crippen molar-refractivity contribution in [3.63, 3.8) is 0 Å². The van der Waals surface area contributed by atoms with E-state index >= 15 is 0 Å². The third-order valence-electron chi connectivity index (χ3n) is 2.71. The first-order chi connectivity index (χ1) is 9.73. The second-order valence-electron chi connectivity index (χ2n) is 5.93. The zero-order valence-electron chi connectivity index (χ0n) is 13.3. The van der Waals surface area contributed by atoms with Crippen molar-refractivity contribution >= 4 is 17.5 Å². The molecular formula is C15H24N4O2. The lowest BCUT2D eigenvalue weighted by atomic mass is 10.1. The maximum absolute atomic E-state index is 12.1. The van der Waals surface area contributed by atoms with E-state index in [1.165, 1.54) is 6.20 Å². The minimum absolute atomic E-state index is 0.0846. The summed E-state index contributed by atoms with van der Waals surface area (Å²) in [5, 5.41) is 8.55. The van der Waals surface area contributed by atoms with Gasteiger partial charge in [-0.25, -0.2) is 0 Å². The Morgan fingerprint density at radius 1 is 1.29 bits per heavy atom. The second-order valence-corrected chi connectivity index (χ2v) is 5.93. The predicted octanol–water partition coefficient (Wildman–Crippen LogP) is 1.47. The van der Waals surface area contributed by atoms with Gasteiger partial charge in [-0.2, -0.15) is 0 Å². The number of rotatable bonds is 5. The van der Waals surface area contributed by atoms with Gasteiger partial charge in [-0.1, -0.05) is 0 Å². The van der Waals surface area contributed by atoms with Crippen molar-refractivity contribution in [3.05, 3.63) is 23.5 Å². The quantitative estimate of drug-likeness (QED) is 0.767. The monoisotopic (exact) mass is 292 g/mol. The first-order valence-corrected chi connectivity index (χ1v) is 6.96. The molecule has 0 aromatic carbocycles. The van der Waals surface area contributed by atoms with Crippen LogP contribution in [0.15, 0.2) is 12.3 Å². The molecule has 1 rings (SSSR count). The van der Waals surface area contributed by atoms with Crippen molar-refractivity contribution in [1.82, 2.24) is 15.6 Å². The highest BCUT2D eigenvalue weighted by Gasteiger charge is 2.15. The summed E-state index contributed by atoms with van der Waals surface area (Å²) in [7, 11) is 1.75. The molecule has 0 fully saturated rings. The average molecular weight is 292 g/mol. The zero-order valence-corrected chi connectivity index (χ0v) is 13.3. The molecule has 21 heavy (non-hydrogen) atoms. The predicted molar refractivity (Wildman–Crippen MR) is 83.4 cm³/mol. The minimum Gasteiger partial charge on any atom is -0.387 e. The molecule has 0 saturated heterocycles. The molecular weight excluding hydrogens is 268 g/mol. The van der Waals surface area contributed by atoms with Crippen LogP contribution < -0.4 is 16.0 Å². The van der Waals surface area contributed by atoms with Gasteiger partial charge in [0.15, 0.2) is 0 Å². The van der Waals surface area contributed by atoms with E-state index in [2.05, 4.69) is 20.9 Å². The van der Waals surface area contributed by atoms with Crippen LogP contribution in [0.2, 0.25) is 0 Å². The lowest BCUT2D eigenvalue weighted by molar-refractivity contribution is -0.122. The van der Waals surface area contributed by atoms with Crippen LogP contribution in [0.3, 0.4) is 0 Å². The van der Waals surface area contributed by atoms with Crippen molar-refractivity contribution in [2.75, 3.05) is 18.9 Å². The number of aryl methyl sites for hydroxylation is 1. The topological polar surface area (TPSA) is 83.1 Å². The van der Waals surface area contributed by atoms with Gasteiger partial charge in [-0.05, 0) is 33.8 Å². The Morgan fingerprint density at radius 3 is 2.52 bits per heavy atom. The first-order valence-electron chi connectivity index (χ1n) is 6.96. The van der Waals surface area contributed by atoms with Crippen LogP contribution in [-0.4, -0.2) is 35.9 Å². The smallest absolute Gasteiger partial charge is 0.254 e. The molecule has 3 N–H and O–H groups in total. The van der Waals surface area contributed by atoms with Gasteiger partial charge >= 0.3 is 0 Å². The van der Waals surface area contributed by atoms with Crippen LogP contribution in [0, 0.1) is 6.92 Å². The van der Waals surface area contributed by atoms with E-state index in [9.17, 15) is 9.59 Å². The Labute approximate surface area is 125 Å². The lowest BCUT2D eigenvalue weighted by Gasteiger charge is -2.20. The molecule has 0 aliphatic rings. The van der Waals surface area contributed by atoms with Crippen LogP contribution in [-0.2, 0) is 4.79 Å². The highest BCUT2D eigenvalue weighted by molar-refractivity contribution is 5.99. The summed E-state index contributed by atoms with van der Waals surface area (Å²) in [6.45, 7) is 7.90. The lowest BCUT2D eigenvalue weighted by Crippen LogP contribution is -2.42. The summed E-state index contributed by atoms with van der Waals surface area (Å²) in [5.74, 6) is -0.325. The van der Waals surface area contributed by atoms with Crippen molar-refractivity contribution in [3.8, 4) is 0 Å². The molecule has 0 saturated carbocycles. The Bertz CT molecular complexity index is 521. The van der Waals surface area contributed by atoms with E-state index in [0.717, 1.165) is 11.4 Å². The van der Waals surface area contributed by atoms with Gasteiger partial charge in [-0.3, -0.25) is 14.6 Å². The highest BCUT2D eigenvalue weighted by atomic mass is 16.2. The second kappa shape index (κ2) is 7.06. The number of anilines is 1. The third-order valence-corrected chi connectivity index (χ3v) is 2.71. The number of carbonyl (C=O) groups is 2. The van der Waals surface area contributed by atoms with Crippen LogP contribution in [0.5, 0.6) is 0 Å². The molecule has 2 amide bonds. The number of hydrogen-bond acceptors (Lipinski definition) is 4. The molecule has 116 valence electrons. The van der Waals surface area contributed by atoms with Gasteiger partial charge in [0.25, 0.3) is 5.91 Å². The molecule has 0 aliphatic carbocycles. The largest absolute Gasteiger partial charge is 0.387 e. The molecule has 6 nitrogen and oxygen atoms in total. The molecule has 0 atom stereocenters. The van der Waals surface area contributed by atoms with Gasteiger partial charge < -0.3 is 16.0 Å². The minimum atomic E-state index is -0.263. The van der Waals surface area contributed by atoms with Crippen LogP contribution in [0.1, 0.15) is 43.2 Å². The molecule has 1 aromatic heterocycles. The van der Waals surface area contributed by atoms with Gasteiger partial charge in [-0.15, -0.1) is 0 Å².